The van der Waals surface area contributed by atoms with E-state index in [1.807, 2.05) is 12.1 Å². The van der Waals surface area contributed by atoms with Crippen LogP contribution in [0.2, 0.25) is 0 Å². The van der Waals surface area contributed by atoms with Crippen LogP contribution in [0.4, 0.5) is 24.5 Å². The number of hydrogen-bond donors (Lipinski definition) is 3. The third kappa shape index (κ3) is 7.40. The molecule has 1 aliphatic carbocycles. The molecule has 48 heavy (non-hydrogen) atoms. The Bertz CT molecular complexity index is 1670. The number of aromatic nitrogens is 1. The number of amides is 1. The van der Waals surface area contributed by atoms with E-state index in [2.05, 4.69) is 39.6 Å². The third-order valence-electron chi connectivity index (χ3n) is 10.8. The molecule has 11 heteroatoms. The summed E-state index contributed by atoms with van der Waals surface area (Å²) in [4.78, 5) is 14.7. The van der Waals surface area contributed by atoms with Crippen LogP contribution in [-0.2, 0) is 11.3 Å². The number of methoxy groups -OCH3 is 1. The minimum absolute atomic E-state index is 0.168. The number of carbonyl (C=O) groups is 1. The van der Waals surface area contributed by atoms with Gasteiger partial charge in [-0.05, 0) is 113 Å². The van der Waals surface area contributed by atoms with E-state index < -0.39 is 12.7 Å². The molecule has 6 rings (SSSR count). The standard InChI is InChI=1S/C37H46F3N5O3/c1-35(44-19-15-36(16-20-44)17-21-48-25-36)13-11-27(12-14-35)43-30-7-4-8-32-29(30)23-28(45(32)24-37(38,39)40)6-5-18-42-31-10-9-26(34(46)41-2)22-33(31)47-3/h4,7-10,22-23,27,42-43H,11-21,24-25H2,1-3H3,(H,41,46). The van der Waals surface area contributed by atoms with Gasteiger partial charge in [-0.15, -0.1) is 0 Å². The minimum atomic E-state index is -4.41. The van der Waals surface area contributed by atoms with E-state index in [-0.39, 0.29) is 24.0 Å². The first-order chi connectivity index (χ1) is 23.0. The Labute approximate surface area is 280 Å². The number of benzene rings is 2. The topological polar surface area (TPSA) is 79.8 Å². The number of fused-ring (bicyclic) bond motifs is 1. The second kappa shape index (κ2) is 13.9. The lowest BCUT2D eigenvalue weighted by Crippen LogP contribution is -2.54. The number of halogens is 3. The second-order valence-corrected chi connectivity index (χ2v) is 13.8. The largest absolute Gasteiger partial charge is 0.495 e. The fourth-order valence-corrected chi connectivity index (χ4v) is 7.75. The molecule has 2 aliphatic heterocycles. The summed E-state index contributed by atoms with van der Waals surface area (Å²) in [5, 5.41) is 10.1. The maximum Gasteiger partial charge on any atom is 0.406 e. The first-order valence-corrected chi connectivity index (χ1v) is 16.9. The number of alkyl halides is 3. The van der Waals surface area contributed by atoms with Crippen molar-refractivity contribution in [2.45, 2.75) is 76.2 Å². The van der Waals surface area contributed by atoms with E-state index in [0.717, 1.165) is 63.1 Å². The highest BCUT2D eigenvalue weighted by atomic mass is 19.4. The fraction of sp³-hybridized carbons (Fsp3) is 0.541. The van der Waals surface area contributed by atoms with Gasteiger partial charge in [-0.25, -0.2) is 0 Å². The van der Waals surface area contributed by atoms with Gasteiger partial charge in [0.25, 0.3) is 5.91 Å². The smallest absolute Gasteiger partial charge is 0.406 e. The molecule has 3 fully saturated rings. The van der Waals surface area contributed by atoms with Crippen molar-refractivity contribution >= 4 is 28.2 Å². The highest BCUT2D eigenvalue weighted by molar-refractivity contribution is 5.95. The predicted octanol–water partition coefficient (Wildman–Crippen LogP) is 6.65. The molecule has 3 aliphatic rings. The SMILES string of the molecule is CNC(=O)c1ccc(NCC#Cc2cc3c(NC4CCC(C)(N5CCC6(CCOC6)CC5)CC4)cccc3n2CC(F)(F)F)c(OC)c1. The van der Waals surface area contributed by atoms with Gasteiger partial charge in [0, 0.05) is 41.9 Å². The normalized spacial score (nSPS) is 22.7. The monoisotopic (exact) mass is 665 g/mol. The summed E-state index contributed by atoms with van der Waals surface area (Å²) in [6.45, 7) is 5.50. The van der Waals surface area contributed by atoms with Gasteiger partial charge in [0.1, 0.15) is 12.3 Å². The summed E-state index contributed by atoms with van der Waals surface area (Å²) in [5.74, 6) is 6.18. The number of anilines is 2. The van der Waals surface area contributed by atoms with E-state index in [0.29, 0.717) is 33.6 Å². The lowest BCUT2D eigenvalue weighted by atomic mass is 9.74. The van der Waals surface area contributed by atoms with Gasteiger partial charge < -0.3 is 30.0 Å². The number of hydrogen-bond acceptors (Lipinski definition) is 6. The number of rotatable bonds is 8. The van der Waals surface area contributed by atoms with Gasteiger partial charge in [-0.3, -0.25) is 9.69 Å². The van der Waals surface area contributed by atoms with Gasteiger partial charge in [-0.2, -0.15) is 13.2 Å². The number of nitrogens with one attached hydrogen (secondary N) is 3. The molecule has 1 spiro atoms. The van der Waals surface area contributed by atoms with Gasteiger partial charge in [-0.1, -0.05) is 12.0 Å². The molecule has 1 aromatic heterocycles. The van der Waals surface area contributed by atoms with Crippen LogP contribution in [-0.4, -0.2) is 80.1 Å². The van der Waals surface area contributed by atoms with Crippen LogP contribution in [0.3, 0.4) is 0 Å². The summed E-state index contributed by atoms with van der Waals surface area (Å²) in [6.07, 6.45) is 3.39. The third-order valence-corrected chi connectivity index (χ3v) is 10.8. The fourth-order valence-electron chi connectivity index (χ4n) is 7.75. The van der Waals surface area contributed by atoms with Crippen LogP contribution in [0.15, 0.2) is 42.5 Å². The van der Waals surface area contributed by atoms with E-state index in [4.69, 9.17) is 9.47 Å². The average Bonchev–Trinajstić information content (AvgIpc) is 3.68. The predicted molar refractivity (Wildman–Crippen MR) is 183 cm³/mol. The Balaban J connectivity index is 1.14. The zero-order valence-corrected chi connectivity index (χ0v) is 28.1. The summed E-state index contributed by atoms with van der Waals surface area (Å²) in [7, 11) is 3.05. The first-order valence-electron chi connectivity index (χ1n) is 16.9. The summed E-state index contributed by atoms with van der Waals surface area (Å²) >= 11 is 0. The summed E-state index contributed by atoms with van der Waals surface area (Å²) in [6, 6.07) is 12.5. The molecular weight excluding hydrogens is 619 g/mol. The van der Waals surface area contributed by atoms with Gasteiger partial charge >= 0.3 is 6.18 Å². The lowest BCUT2D eigenvalue weighted by Gasteiger charge is -2.50. The van der Waals surface area contributed by atoms with Crippen LogP contribution in [0.1, 0.15) is 67.9 Å². The van der Waals surface area contributed by atoms with Crippen LogP contribution in [0, 0.1) is 17.3 Å². The molecule has 8 nitrogen and oxygen atoms in total. The number of nitrogens with zero attached hydrogens (tertiary/aromatic N) is 2. The molecule has 0 radical (unpaired) electrons. The van der Waals surface area contributed by atoms with Gasteiger partial charge in [0.15, 0.2) is 0 Å². The zero-order valence-electron chi connectivity index (χ0n) is 28.1. The maximum absolute atomic E-state index is 13.8. The zero-order chi connectivity index (χ0) is 33.9. The number of piperidine rings is 1. The van der Waals surface area contributed by atoms with E-state index in [1.165, 1.54) is 30.9 Å². The second-order valence-electron chi connectivity index (χ2n) is 13.8. The van der Waals surface area contributed by atoms with E-state index >= 15 is 0 Å². The van der Waals surface area contributed by atoms with Crippen molar-refractivity contribution < 1.29 is 27.4 Å². The van der Waals surface area contributed by atoms with Crippen molar-refractivity contribution in [1.82, 2.24) is 14.8 Å². The molecule has 1 amide bonds. The highest BCUT2D eigenvalue weighted by Gasteiger charge is 2.43. The van der Waals surface area contributed by atoms with Crippen molar-refractivity contribution in [3.8, 4) is 17.6 Å². The maximum atomic E-state index is 13.8. The summed E-state index contributed by atoms with van der Waals surface area (Å²) in [5.41, 5.74) is 3.27. The van der Waals surface area contributed by atoms with Crippen molar-refractivity contribution in [2.24, 2.45) is 5.41 Å². The minimum Gasteiger partial charge on any atom is -0.495 e. The molecule has 3 heterocycles. The number of likely N-dealkylation sites (tertiary alicyclic amines) is 1. The Hall–Kier alpha value is -3.88. The molecule has 0 unspecified atom stereocenters. The highest BCUT2D eigenvalue weighted by Crippen LogP contribution is 2.44. The van der Waals surface area contributed by atoms with Crippen molar-refractivity contribution in [1.29, 1.82) is 0 Å². The average molecular weight is 666 g/mol. The Morgan fingerprint density at radius 1 is 1.06 bits per heavy atom. The molecule has 1 saturated carbocycles. The molecule has 0 atom stereocenters. The van der Waals surface area contributed by atoms with E-state index in [9.17, 15) is 18.0 Å². The van der Waals surface area contributed by atoms with Gasteiger partial charge in [0.05, 0.1) is 37.2 Å². The van der Waals surface area contributed by atoms with Crippen molar-refractivity contribution in [2.75, 3.05) is 57.6 Å². The first kappa shape index (κ1) is 34.0. The number of ether oxygens (including phenoxy) is 2. The molecule has 0 bridgehead atoms. The summed E-state index contributed by atoms with van der Waals surface area (Å²) < 4.78 is 53.7. The van der Waals surface area contributed by atoms with Crippen LogP contribution >= 0.6 is 0 Å². The molecule has 3 aromatic rings. The molecule has 2 aromatic carbocycles. The Morgan fingerprint density at radius 2 is 1.83 bits per heavy atom. The van der Waals surface area contributed by atoms with Crippen molar-refractivity contribution in [3.05, 3.63) is 53.7 Å². The van der Waals surface area contributed by atoms with E-state index in [1.54, 1.807) is 37.4 Å². The van der Waals surface area contributed by atoms with Crippen molar-refractivity contribution in [3.63, 3.8) is 0 Å². The quantitative estimate of drug-likeness (QED) is 0.234. The Kier molecular flexibility index (Phi) is 9.86. The van der Waals surface area contributed by atoms with Crippen LogP contribution < -0.4 is 20.7 Å². The van der Waals surface area contributed by atoms with Crippen LogP contribution in [0.5, 0.6) is 5.75 Å². The molecular formula is C37H46F3N5O3. The molecule has 3 N–H and O–H groups in total. The number of carbonyl (C=O) groups excluding carboxylic acids is 1. The molecule has 258 valence electrons. The van der Waals surface area contributed by atoms with Gasteiger partial charge in [0.2, 0.25) is 0 Å². The van der Waals surface area contributed by atoms with Crippen LogP contribution in [0.25, 0.3) is 10.9 Å². The molecule has 2 saturated heterocycles. The Morgan fingerprint density at radius 3 is 2.50 bits per heavy atom. The lowest BCUT2D eigenvalue weighted by molar-refractivity contribution is -0.140.